The van der Waals surface area contributed by atoms with Gasteiger partial charge in [-0.05, 0) is 12.1 Å². The largest absolute Gasteiger partial charge is 0.465 e. The molecular formula is C10H11NO7S. The van der Waals surface area contributed by atoms with Crippen molar-refractivity contribution in [2.24, 2.45) is 0 Å². The molecule has 0 aliphatic carbocycles. The van der Waals surface area contributed by atoms with Crippen molar-refractivity contribution in [3.05, 3.63) is 29.8 Å². The number of esters is 1. The summed E-state index contributed by atoms with van der Waals surface area (Å²) in [6, 6.07) is 5.26. The first-order valence-electron chi connectivity index (χ1n) is 4.81. The molecule has 1 aliphatic heterocycles. The lowest BCUT2D eigenvalue weighted by Crippen LogP contribution is -2.63. The van der Waals surface area contributed by atoms with Crippen LogP contribution in [0.5, 0.6) is 0 Å². The van der Waals surface area contributed by atoms with Crippen LogP contribution in [0.2, 0.25) is 0 Å². The van der Waals surface area contributed by atoms with Gasteiger partial charge in [-0.3, -0.25) is 4.79 Å². The van der Waals surface area contributed by atoms with Gasteiger partial charge in [0.15, 0.2) is 0 Å². The summed E-state index contributed by atoms with van der Waals surface area (Å²) in [4.78, 5) is 23.0. The van der Waals surface area contributed by atoms with Gasteiger partial charge in [-0.25, -0.2) is 13.2 Å². The zero-order valence-corrected chi connectivity index (χ0v) is 10.5. The minimum absolute atomic E-state index is 0. The Morgan fingerprint density at radius 1 is 1.37 bits per heavy atom. The van der Waals surface area contributed by atoms with E-state index in [2.05, 4.69) is 4.74 Å². The molecule has 1 heterocycles. The van der Waals surface area contributed by atoms with Crippen molar-refractivity contribution in [2.75, 3.05) is 7.11 Å². The van der Waals surface area contributed by atoms with Crippen molar-refractivity contribution >= 4 is 21.8 Å². The highest BCUT2D eigenvalue weighted by Crippen LogP contribution is 2.27. The standard InChI is InChI=1S/C10H9NO6S.H2O/c1-17-9(13)10(14)8(12)6-4-2-3-5-7(6)18(15,16)11-10;/h2-5,11,14H,1H3;1H2/t10-;/m0./s1. The van der Waals surface area contributed by atoms with Crippen LogP contribution in [-0.4, -0.2) is 43.6 Å². The summed E-state index contributed by atoms with van der Waals surface area (Å²) in [6.07, 6.45) is 0. The highest BCUT2D eigenvalue weighted by molar-refractivity contribution is 7.89. The second-order valence-corrected chi connectivity index (χ2v) is 5.28. The Hall–Kier alpha value is -1.81. The fourth-order valence-electron chi connectivity index (χ4n) is 1.66. The summed E-state index contributed by atoms with van der Waals surface area (Å²) >= 11 is 0. The van der Waals surface area contributed by atoms with Crippen molar-refractivity contribution in [2.45, 2.75) is 10.6 Å². The molecule has 0 spiro atoms. The number of aliphatic hydroxyl groups is 1. The van der Waals surface area contributed by atoms with Gasteiger partial charge in [-0.1, -0.05) is 12.1 Å². The average Bonchev–Trinajstić information content (AvgIpc) is 2.35. The Bertz CT molecular complexity index is 639. The summed E-state index contributed by atoms with van der Waals surface area (Å²) in [7, 11) is -3.23. The molecule has 19 heavy (non-hydrogen) atoms. The van der Waals surface area contributed by atoms with Crippen LogP contribution in [0, 0.1) is 0 Å². The fourth-order valence-corrected chi connectivity index (χ4v) is 3.04. The first-order valence-corrected chi connectivity index (χ1v) is 6.30. The third-order valence-corrected chi connectivity index (χ3v) is 4.01. The third-order valence-electron chi connectivity index (χ3n) is 2.51. The van der Waals surface area contributed by atoms with Crippen LogP contribution in [-0.2, 0) is 19.6 Å². The molecule has 2 rings (SSSR count). The van der Waals surface area contributed by atoms with E-state index in [9.17, 15) is 23.1 Å². The molecule has 0 bridgehead atoms. The Morgan fingerprint density at radius 3 is 2.53 bits per heavy atom. The smallest absolute Gasteiger partial charge is 0.363 e. The number of carbonyl (C=O) groups excluding carboxylic acids is 2. The van der Waals surface area contributed by atoms with E-state index in [1.54, 1.807) is 4.72 Å². The Kier molecular flexibility index (Phi) is 3.77. The molecule has 1 atom stereocenters. The van der Waals surface area contributed by atoms with Gasteiger partial charge in [-0.15, -0.1) is 0 Å². The number of nitrogens with one attached hydrogen (secondary N) is 1. The second-order valence-electron chi connectivity index (χ2n) is 3.63. The van der Waals surface area contributed by atoms with Crippen molar-refractivity contribution in [3.63, 3.8) is 0 Å². The van der Waals surface area contributed by atoms with Crippen LogP contribution >= 0.6 is 0 Å². The van der Waals surface area contributed by atoms with Crippen LogP contribution in [0.25, 0.3) is 0 Å². The molecule has 104 valence electrons. The molecule has 1 aliphatic rings. The van der Waals surface area contributed by atoms with Gasteiger partial charge in [0.25, 0.3) is 5.72 Å². The van der Waals surface area contributed by atoms with E-state index in [-0.39, 0.29) is 15.9 Å². The number of ketones is 1. The van der Waals surface area contributed by atoms with Crippen LogP contribution in [0.1, 0.15) is 10.4 Å². The fraction of sp³-hybridized carbons (Fsp3) is 0.200. The Labute approximate surface area is 108 Å². The normalized spacial score (nSPS) is 24.0. The molecule has 0 aromatic heterocycles. The molecule has 0 saturated carbocycles. The van der Waals surface area contributed by atoms with Gasteiger partial charge in [0.2, 0.25) is 15.8 Å². The number of carbonyl (C=O) groups is 2. The lowest BCUT2D eigenvalue weighted by atomic mass is 10.0. The lowest BCUT2D eigenvalue weighted by molar-refractivity contribution is -0.158. The number of benzene rings is 1. The monoisotopic (exact) mass is 289 g/mol. The maximum absolute atomic E-state index is 11.9. The number of sulfonamides is 1. The Balaban J connectivity index is 0.00000180. The number of methoxy groups -OCH3 is 1. The number of Topliss-reactive ketones (excluding diaryl/α,β-unsaturated/α-hetero) is 1. The van der Waals surface area contributed by atoms with Crippen molar-refractivity contribution < 1.29 is 33.3 Å². The number of ether oxygens (including phenoxy) is 1. The van der Waals surface area contributed by atoms with E-state index in [4.69, 9.17) is 0 Å². The molecule has 0 unspecified atom stereocenters. The van der Waals surface area contributed by atoms with Gasteiger partial charge in [0, 0.05) is 5.56 Å². The molecule has 1 aromatic carbocycles. The predicted octanol–water partition coefficient (Wildman–Crippen LogP) is -1.80. The SMILES string of the molecule is COC(=O)[C@]1(O)NS(=O)(=O)c2ccccc2C1=O.O. The van der Waals surface area contributed by atoms with Gasteiger partial charge in [0.1, 0.15) is 0 Å². The van der Waals surface area contributed by atoms with Gasteiger partial charge in [0.05, 0.1) is 12.0 Å². The van der Waals surface area contributed by atoms with E-state index < -0.39 is 27.5 Å². The number of hydrogen-bond acceptors (Lipinski definition) is 6. The molecule has 0 radical (unpaired) electrons. The summed E-state index contributed by atoms with van der Waals surface area (Å²) in [5, 5.41) is 9.88. The van der Waals surface area contributed by atoms with Crippen LogP contribution in [0.4, 0.5) is 0 Å². The van der Waals surface area contributed by atoms with Crippen LogP contribution < -0.4 is 4.72 Å². The van der Waals surface area contributed by atoms with E-state index in [1.165, 1.54) is 24.3 Å². The van der Waals surface area contributed by atoms with E-state index in [0.29, 0.717) is 0 Å². The van der Waals surface area contributed by atoms with E-state index in [1.807, 2.05) is 0 Å². The summed E-state index contributed by atoms with van der Waals surface area (Å²) in [5.74, 6) is -2.45. The summed E-state index contributed by atoms with van der Waals surface area (Å²) in [6.45, 7) is 0. The number of rotatable bonds is 1. The zero-order chi connectivity index (χ0) is 13.6. The summed E-state index contributed by atoms with van der Waals surface area (Å²) in [5.41, 5.74) is -3.17. The maximum Gasteiger partial charge on any atom is 0.363 e. The molecule has 9 heteroatoms. The molecule has 1 aromatic rings. The zero-order valence-electron chi connectivity index (χ0n) is 9.71. The van der Waals surface area contributed by atoms with Crippen molar-refractivity contribution in [1.82, 2.24) is 4.72 Å². The van der Waals surface area contributed by atoms with Crippen LogP contribution in [0.3, 0.4) is 0 Å². The van der Waals surface area contributed by atoms with Crippen LogP contribution in [0.15, 0.2) is 29.2 Å². The number of fused-ring (bicyclic) bond motifs is 1. The van der Waals surface area contributed by atoms with Gasteiger partial charge in [-0.2, -0.15) is 4.72 Å². The number of hydrogen-bond donors (Lipinski definition) is 2. The Morgan fingerprint density at radius 2 is 1.95 bits per heavy atom. The minimum atomic E-state index is -4.16. The molecule has 4 N–H and O–H groups in total. The third kappa shape index (κ3) is 2.12. The minimum Gasteiger partial charge on any atom is -0.465 e. The average molecular weight is 289 g/mol. The highest BCUT2D eigenvalue weighted by Gasteiger charge is 2.53. The quantitative estimate of drug-likeness (QED) is 0.461. The topological polar surface area (TPSA) is 141 Å². The highest BCUT2D eigenvalue weighted by atomic mass is 32.2. The molecule has 0 amide bonds. The van der Waals surface area contributed by atoms with E-state index >= 15 is 0 Å². The predicted molar refractivity (Wildman–Crippen MR) is 61.7 cm³/mol. The molecule has 0 fully saturated rings. The van der Waals surface area contributed by atoms with Gasteiger partial charge >= 0.3 is 5.97 Å². The van der Waals surface area contributed by atoms with E-state index in [0.717, 1.165) is 7.11 Å². The first-order chi connectivity index (χ1) is 8.33. The lowest BCUT2D eigenvalue weighted by Gasteiger charge is -2.29. The van der Waals surface area contributed by atoms with Crippen molar-refractivity contribution in [3.8, 4) is 0 Å². The maximum atomic E-state index is 11.9. The molecule has 8 nitrogen and oxygen atoms in total. The van der Waals surface area contributed by atoms with Gasteiger partial charge < -0.3 is 15.3 Å². The van der Waals surface area contributed by atoms with Crippen molar-refractivity contribution in [1.29, 1.82) is 0 Å². The molecule has 0 saturated heterocycles. The molecular weight excluding hydrogens is 278 g/mol. The second kappa shape index (κ2) is 4.70. The summed E-state index contributed by atoms with van der Waals surface area (Å²) < 4.78 is 29.5. The first kappa shape index (κ1) is 15.2.